The van der Waals surface area contributed by atoms with Crippen LogP contribution in [0.2, 0.25) is 0 Å². The van der Waals surface area contributed by atoms with Gasteiger partial charge in [-0.25, -0.2) is 0 Å². The second-order valence-corrected chi connectivity index (χ2v) is 7.29. The summed E-state index contributed by atoms with van der Waals surface area (Å²) in [6.45, 7) is 10.7. The first-order chi connectivity index (χ1) is 9.11. The maximum atomic E-state index is 3.77. The molecule has 3 atom stereocenters. The molecule has 0 radical (unpaired) electrons. The molecule has 2 heteroatoms. The van der Waals surface area contributed by atoms with Crippen LogP contribution in [0.1, 0.15) is 72.6 Å². The lowest BCUT2D eigenvalue weighted by Gasteiger charge is -2.52. The number of piperidine rings is 2. The minimum absolute atomic E-state index is 0.780. The molecule has 1 N–H and O–H groups in total. The van der Waals surface area contributed by atoms with Crippen molar-refractivity contribution in [1.82, 2.24) is 10.2 Å². The van der Waals surface area contributed by atoms with E-state index in [1.807, 2.05) is 0 Å². The van der Waals surface area contributed by atoms with Gasteiger partial charge in [0.25, 0.3) is 0 Å². The van der Waals surface area contributed by atoms with Crippen molar-refractivity contribution in [2.75, 3.05) is 6.54 Å². The van der Waals surface area contributed by atoms with Crippen molar-refractivity contribution in [3.8, 4) is 0 Å². The zero-order chi connectivity index (χ0) is 13.8. The molecule has 3 unspecified atom stereocenters. The lowest BCUT2D eigenvalue weighted by molar-refractivity contribution is -0.0110. The Labute approximate surface area is 120 Å². The minimum atomic E-state index is 0.780. The Kier molecular flexibility index (Phi) is 5.70. The number of nitrogens with one attached hydrogen (secondary N) is 1. The third-order valence-corrected chi connectivity index (χ3v) is 5.04. The van der Waals surface area contributed by atoms with Crippen LogP contribution in [0.25, 0.3) is 0 Å². The summed E-state index contributed by atoms with van der Waals surface area (Å²) >= 11 is 0. The van der Waals surface area contributed by atoms with Crippen LogP contribution in [0.3, 0.4) is 0 Å². The van der Waals surface area contributed by atoms with Gasteiger partial charge < -0.3 is 5.32 Å². The smallest absolute Gasteiger partial charge is 0.0116 e. The summed E-state index contributed by atoms with van der Waals surface area (Å²) < 4.78 is 0. The molecule has 2 fully saturated rings. The van der Waals surface area contributed by atoms with E-state index in [2.05, 4.69) is 37.9 Å². The Morgan fingerprint density at radius 2 is 1.74 bits per heavy atom. The SMILES string of the molecule is CCCNC1CC2CCCC(C1)N2C(C)CC(C)C. The van der Waals surface area contributed by atoms with Crippen LogP contribution in [0, 0.1) is 5.92 Å². The predicted molar refractivity (Wildman–Crippen MR) is 83.5 cm³/mol. The van der Waals surface area contributed by atoms with Crippen LogP contribution in [0.4, 0.5) is 0 Å². The minimum Gasteiger partial charge on any atom is -0.314 e. The van der Waals surface area contributed by atoms with E-state index in [1.165, 1.54) is 51.5 Å². The maximum Gasteiger partial charge on any atom is 0.0116 e. The lowest BCUT2D eigenvalue weighted by atomic mass is 9.80. The van der Waals surface area contributed by atoms with Gasteiger partial charge in [0, 0.05) is 24.2 Å². The third-order valence-electron chi connectivity index (χ3n) is 5.04. The van der Waals surface area contributed by atoms with Gasteiger partial charge in [0.2, 0.25) is 0 Å². The molecule has 2 nitrogen and oxygen atoms in total. The van der Waals surface area contributed by atoms with Crippen LogP contribution in [-0.2, 0) is 0 Å². The first-order valence-corrected chi connectivity index (χ1v) is 8.62. The van der Waals surface area contributed by atoms with Gasteiger partial charge in [0.15, 0.2) is 0 Å². The van der Waals surface area contributed by atoms with E-state index in [0.29, 0.717) is 0 Å². The standard InChI is InChI=1S/C17H34N2/c1-5-9-18-15-11-16-7-6-8-17(12-15)19(16)14(4)10-13(2)3/h13-18H,5-12H2,1-4H3. The van der Waals surface area contributed by atoms with Gasteiger partial charge in [0.1, 0.15) is 0 Å². The monoisotopic (exact) mass is 266 g/mol. The largest absolute Gasteiger partial charge is 0.314 e. The number of hydrogen-bond acceptors (Lipinski definition) is 2. The van der Waals surface area contributed by atoms with E-state index in [-0.39, 0.29) is 0 Å². The summed E-state index contributed by atoms with van der Waals surface area (Å²) in [7, 11) is 0. The maximum absolute atomic E-state index is 3.77. The third kappa shape index (κ3) is 3.95. The molecule has 0 saturated carbocycles. The number of rotatable bonds is 6. The summed E-state index contributed by atoms with van der Waals surface area (Å²) in [6.07, 6.45) is 9.73. The second-order valence-electron chi connectivity index (χ2n) is 7.29. The van der Waals surface area contributed by atoms with E-state index in [9.17, 15) is 0 Å². The van der Waals surface area contributed by atoms with Crippen LogP contribution < -0.4 is 5.32 Å². The van der Waals surface area contributed by atoms with Crippen LogP contribution in [-0.4, -0.2) is 35.6 Å². The summed E-state index contributed by atoms with van der Waals surface area (Å²) in [5.41, 5.74) is 0. The highest BCUT2D eigenvalue weighted by Crippen LogP contribution is 2.36. The van der Waals surface area contributed by atoms with Gasteiger partial charge >= 0.3 is 0 Å². The van der Waals surface area contributed by atoms with E-state index < -0.39 is 0 Å². The molecule has 0 amide bonds. The fourth-order valence-electron chi connectivity index (χ4n) is 4.46. The Bertz CT molecular complexity index is 250. The molecule has 2 bridgehead atoms. The molecule has 112 valence electrons. The normalized spacial score (nSPS) is 33.6. The summed E-state index contributed by atoms with van der Waals surface area (Å²) in [5, 5.41) is 3.77. The van der Waals surface area contributed by atoms with Gasteiger partial charge in [-0.2, -0.15) is 0 Å². The van der Waals surface area contributed by atoms with E-state index in [1.54, 1.807) is 0 Å². The molecule has 2 aliphatic heterocycles. The molecule has 2 saturated heterocycles. The predicted octanol–water partition coefficient (Wildman–Crippen LogP) is 3.81. The molecule has 2 aliphatic rings. The Morgan fingerprint density at radius 3 is 2.26 bits per heavy atom. The lowest BCUT2D eigenvalue weighted by Crippen LogP contribution is -2.59. The van der Waals surface area contributed by atoms with Gasteiger partial charge in [-0.1, -0.05) is 27.2 Å². The van der Waals surface area contributed by atoms with Crippen molar-refractivity contribution < 1.29 is 0 Å². The van der Waals surface area contributed by atoms with Gasteiger partial charge in [-0.15, -0.1) is 0 Å². The summed E-state index contributed by atoms with van der Waals surface area (Å²) in [6, 6.07) is 3.28. The topological polar surface area (TPSA) is 15.3 Å². The molecular weight excluding hydrogens is 232 g/mol. The van der Waals surface area contributed by atoms with Gasteiger partial charge in [-0.3, -0.25) is 4.90 Å². The molecule has 0 aromatic heterocycles. The zero-order valence-electron chi connectivity index (χ0n) is 13.5. The number of nitrogens with zero attached hydrogens (tertiary/aromatic N) is 1. The Hall–Kier alpha value is -0.0800. The first-order valence-electron chi connectivity index (χ1n) is 8.62. The van der Waals surface area contributed by atoms with Gasteiger partial charge in [-0.05, 0) is 57.9 Å². The summed E-state index contributed by atoms with van der Waals surface area (Å²) in [4.78, 5) is 2.90. The Balaban J connectivity index is 1.95. The molecule has 0 aromatic rings. The van der Waals surface area contributed by atoms with Crippen molar-refractivity contribution in [3.05, 3.63) is 0 Å². The highest BCUT2D eigenvalue weighted by Gasteiger charge is 2.40. The van der Waals surface area contributed by atoms with Crippen molar-refractivity contribution in [2.45, 2.75) is 96.8 Å². The molecule has 2 heterocycles. The van der Waals surface area contributed by atoms with E-state index in [0.717, 1.165) is 30.1 Å². The average molecular weight is 266 g/mol. The molecule has 0 aromatic carbocycles. The van der Waals surface area contributed by atoms with Crippen LogP contribution in [0.15, 0.2) is 0 Å². The average Bonchev–Trinajstić information content (AvgIpc) is 2.34. The van der Waals surface area contributed by atoms with Gasteiger partial charge in [0.05, 0.1) is 0 Å². The van der Waals surface area contributed by atoms with Crippen molar-refractivity contribution in [2.24, 2.45) is 5.92 Å². The molecular formula is C17H34N2. The van der Waals surface area contributed by atoms with Crippen LogP contribution >= 0.6 is 0 Å². The van der Waals surface area contributed by atoms with E-state index in [4.69, 9.17) is 0 Å². The fraction of sp³-hybridized carbons (Fsp3) is 1.00. The highest BCUT2D eigenvalue weighted by atomic mass is 15.2. The van der Waals surface area contributed by atoms with Crippen LogP contribution in [0.5, 0.6) is 0 Å². The van der Waals surface area contributed by atoms with E-state index >= 15 is 0 Å². The molecule has 19 heavy (non-hydrogen) atoms. The summed E-state index contributed by atoms with van der Waals surface area (Å²) in [5.74, 6) is 0.826. The second kappa shape index (κ2) is 7.08. The molecule has 0 aliphatic carbocycles. The first kappa shape index (κ1) is 15.3. The molecule has 0 spiro atoms. The Morgan fingerprint density at radius 1 is 1.11 bits per heavy atom. The fourth-order valence-corrected chi connectivity index (χ4v) is 4.46. The van der Waals surface area contributed by atoms with Crippen molar-refractivity contribution >= 4 is 0 Å². The quantitative estimate of drug-likeness (QED) is 0.786. The van der Waals surface area contributed by atoms with Crippen molar-refractivity contribution in [3.63, 3.8) is 0 Å². The number of fused-ring (bicyclic) bond motifs is 2. The van der Waals surface area contributed by atoms with Crippen molar-refractivity contribution in [1.29, 1.82) is 0 Å². The zero-order valence-corrected chi connectivity index (χ0v) is 13.5. The number of hydrogen-bond donors (Lipinski definition) is 1. The molecule has 2 rings (SSSR count). The highest BCUT2D eigenvalue weighted by molar-refractivity contribution is 4.97.